The lowest BCUT2D eigenvalue weighted by Gasteiger charge is -2.07. The Morgan fingerprint density at radius 1 is 0.650 bits per heavy atom. The SMILES string of the molecule is [B]c1ccc2c3ccccc3n(-c3ccccc3)c2c1. The van der Waals surface area contributed by atoms with Crippen molar-refractivity contribution >= 4 is 35.1 Å². The average Bonchev–Trinajstić information content (AvgIpc) is 2.81. The van der Waals surface area contributed by atoms with Gasteiger partial charge in [-0.25, -0.2) is 0 Å². The first kappa shape index (κ1) is 11.4. The molecule has 20 heavy (non-hydrogen) atoms. The van der Waals surface area contributed by atoms with Crippen LogP contribution in [0.3, 0.4) is 0 Å². The molecule has 1 aromatic heterocycles. The minimum Gasteiger partial charge on any atom is -0.309 e. The van der Waals surface area contributed by atoms with E-state index >= 15 is 0 Å². The third kappa shape index (κ3) is 1.58. The largest absolute Gasteiger partial charge is 0.309 e. The summed E-state index contributed by atoms with van der Waals surface area (Å²) in [6, 6.07) is 25.0. The summed E-state index contributed by atoms with van der Waals surface area (Å²) in [6.07, 6.45) is 0. The van der Waals surface area contributed by atoms with Crippen LogP contribution in [0.1, 0.15) is 0 Å². The molecule has 2 radical (unpaired) electrons. The smallest absolute Gasteiger partial charge is 0.113 e. The summed E-state index contributed by atoms with van der Waals surface area (Å²) in [4.78, 5) is 0. The first-order valence-electron chi connectivity index (χ1n) is 6.69. The molecule has 4 rings (SSSR count). The molecule has 92 valence electrons. The lowest BCUT2D eigenvalue weighted by Crippen LogP contribution is -2.01. The highest BCUT2D eigenvalue weighted by molar-refractivity contribution is 6.33. The quantitative estimate of drug-likeness (QED) is 0.457. The molecule has 0 amide bonds. The Morgan fingerprint density at radius 2 is 1.35 bits per heavy atom. The molecule has 0 unspecified atom stereocenters. The molecule has 0 aliphatic heterocycles. The number of fused-ring (bicyclic) bond motifs is 3. The Hall–Kier alpha value is -2.48. The van der Waals surface area contributed by atoms with E-state index in [0.717, 1.165) is 16.7 Å². The zero-order valence-electron chi connectivity index (χ0n) is 11.0. The summed E-state index contributed by atoms with van der Waals surface area (Å²) in [7, 11) is 5.98. The van der Waals surface area contributed by atoms with Gasteiger partial charge >= 0.3 is 0 Å². The number of rotatable bonds is 1. The third-order valence-electron chi connectivity index (χ3n) is 3.71. The maximum Gasteiger partial charge on any atom is 0.113 e. The second kappa shape index (κ2) is 4.27. The minimum absolute atomic E-state index is 0.789. The van der Waals surface area contributed by atoms with Gasteiger partial charge in [0.25, 0.3) is 0 Å². The normalized spacial score (nSPS) is 11.2. The van der Waals surface area contributed by atoms with Crippen LogP contribution < -0.4 is 5.46 Å². The van der Waals surface area contributed by atoms with Crippen LogP contribution in [-0.2, 0) is 0 Å². The van der Waals surface area contributed by atoms with E-state index in [1.165, 1.54) is 16.3 Å². The molecular formula is C18H12BN. The van der Waals surface area contributed by atoms with Gasteiger partial charge in [-0.1, -0.05) is 54.0 Å². The Labute approximate surface area is 118 Å². The first-order chi connectivity index (χ1) is 9.84. The predicted molar refractivity (Wildman–Crippen MR) is 86.2 cm³/mol. The van der Waals surface area contributed by atoms with Crippen molar-refractivity contribution in [2.24, 2.45) is 0 Å². The molecule has 1 heterocycles. The fraction of sp³-hybridized carbons (Fsp3) is 0. The van der Waals surface area contributed by atoms with Crippen molar-refractivity contribution in [2.45, 2.75) is 0 Å². The van der Waals surface area contributed by atoms with E-state index in [2.05, 4.69) is 59.2 Å². The van der Waals surface area contributed by atoms with Crippen LogP contribution in [0.25, 0.3) is 27.5 Å². The highest BCUT2D eigenvalue weighted by Crippen LogP contribution is 2.30. The van der Waals surface area contributed by atoms with E-state index in [1.807, 2.05) is 18.2 Å². The number of benzene rings is 3. The molecule has 0 atom stereocenters. The van der Waals surface area contributed by atoms with Gasteiger partial charge in [-0.15, -0.1) is 0 Å². The van der Waals surface area contributed by atoms with Gasteiger partial charge in [-0.2, -0.15) is 0 Å². The van der Waals surface area contributed by atoms with Crippen LogP contribution in [0, 0.1) is 0 Å². The molecule has 0 spiro atoms. The zero-order valence-corrected chi connectivity index (χ0v) is 11.0. The Kier molecular flexibility index (Phi) is 2.43. The van der Waals surface area contributed by atoms with Gasteiger partial charge in [0.2, 0.25) is 0 Å². The Bertz CT molecular complexity index is 907. The summed E-state index contributed by atoms with van der Waals surface area (Å²) in [5.41, 5.74) is 4.30. The van der Waals surface area contributed by atoms with E-state index in [4.69, 9.17) is 7.85 Å². The Morgan fingerprint density at radius 3 is 2.20 bits per heavy atom. The summed E-state index contributed by atoms with van der Waals surface area (Å²) >= 11 is 0. The van der Waals surface area contributed by atoms with Crippen molar-refractivity contribution in [1.29, 1.82) is 0 Å². The van der Waals surface area contributed by atoms with Crippen molar-refractivity contribution in [3.63, 3.8) is 0 Å². The van der Waals surface area contributed by atoms with Crippen LogP contribution in [0.4, 0.5) is 0 Å². The van der Waals surface area contributed by atoms with Gasteiger partial charge < -0.3 is 4.57 Å². The van der Waals surface area contributed by atoms with Gasteiger partial charge in [0.05, 0.1) is 11.0 Å². The lowest BCUT2D eigenvalue weighted by molar-refractivity contribution is 1.18. The maximum atomic E-state index is 5.98. The van der Waals surface area contributed by atoms with Crippen molar-refractivity contribution in [1.82, 2.24) is 4.57 Å². The lowest BCUT2D eigenvalue weighted by atomic mass is 9.95. The number of aromatic nitrogens is 1. The maximum absolute atomic E-state index is 5.98. The molecule has 2 heteroatoms. The zero-order chi connectivity index (χ0) is 13.5. The predicted octanol–water partition coefficient (Wildman–Crippen LogP) is 3.58. The molecule has 0 fully saturated rings. The van der Waals surface area contributed by atoms with Crippen LogP contribution in [0.2, 0.25) is 0 Å². The van der Waals surface area contributed by atoms with E-state index in [9.17, 15) is 0 Å². The van der Waals surface area contributed by atoms with Crippen LogP contribution in [0.15, 0.2) is 72.8 Å². The van der Waals surface area contributed by atoms with Gasteiger partial charge in [0, 0.05) is 16.5 Å². The highest BCUT2D eigenvalue weighted by atomic mass is 15.0. The van der Waals surface area contributed by atoms with E-state index in [-0.39, 0.29) is 0 Å². The van der Waals surface area contributed by atoms with Gasteiger partial charge in [0.15, 0.2) is 0 Å². The summed E-state index contributed by atoms with van der Waals surface area (Å²) in [6.45, 7) is 0. The van der Waals surface area contributed by atoms with E-state index in [0.29, 0.717) is 0 Å². The minimum atomic E-state index is 0.789. The van der Waals surface area contributed by atoms with Crippen LogP contribution in [-0.4, -0.2) is 12.4 Å². The summed E-state index contributed by atoms with van der Waals surface area (Å²) < 4.78 is 2.26. The molecule has 4 aromatic rings. The van der Waals surface area contributed by atoms with E-state index < -0.39 is 0 Å². The van der Waals surface area contributed by atoms with Crippen LogP contribution >= 0.6 is 0 Å². The second-order valence-electron chi connectivity index (χ2n) is 4.96. The fourth-order valence-corrected chi connectivity index (χ4v) is 2.84. The topological polar surface area (TPSA) is 4.93 Å². The number of hydrogen-bond donors (Lipinski definition) is 0. The molecule has 0 bridgehead atoms. The third-order valence-corrected chi connectivity index (χ3v) is 3.71. The van der Waals surface area contributed by atoms with Crippen molar-refractivity contribution < 1.29 is 0 Å². The molecule has 0 saturated carbocycles. The second-order valence-corrected chi connectivity index (χ2v) is 4.96. The van der Waals surface area contributed by atoms with Crippen LogP contribution in [0.5, 0.6) is 0 Å². The first-order valence-corrected chi connectivity index (χ1v) is 6.69. The molecule has 0 aliphatic carbocycles. The van der Waals surface area contributed by atoms with Crippen molar-refractivity contribution in [3.05, 3.63) is 72.8 Å². The molecule has 3 aromatic carbocycles. The fourth-order valence-electron chi connectivity index (χ4n) is 2.84. The highest BCUT2D eigenvalue weighted by Gasteiger charge is 2.10. The summed E-state index contributed by atoms with van der Waals surface area (Å²) in [5, 5.41) is 2.49. The number of nitrogens with zero attached hydrogens (tertiary/aromatic N) is 1. The molecule has 0 aliphatic rings. The van der Waals surface area contributed by atoms with Gasteiger partial charge in [-0.05, 0) is 24.3 Å². The Balaban J connectivity index is 2.23. The molecule has 1 nitrogen and oxygen atoms in total. The van der Waals surface area contributed by atoms with Crippen molar-refractivity contribution in [3.8, 4) is 5.69 Å². The molecular weight excluding hydrogens is 241 g/mol. The monoisotopic (exact) mass is 253 g/mol. The number of hydrogen-bond acceptors (Lipinski definition) is 0. The molecule has 0 saturated heterocycles. The standard InChI is InChI=1S/C18H12BN/c19-13-10-11-16-15-8-4-5-9-17(15)20(18(16)12-13)14-6-2-1-3-7-14/h1-12H. The van der Waals surface area contributed by atoms with Gasteiger partial charge in [0.1, 0.15) is 7.85 Å². The number of para-hydroxylation sites is 2. The average molecular weight is 253 g/mol. The summed E-state index contributed by atoms with van der Waals surface area (Å²) in [5.74, 6) is 0. The van der Waals surface area contributed by atoms with Gasteiger partial charge in [-0.3, -0.25) is 0 Å². The van der Waals surface area contributed by atoms with Crippen molar-refractivity contribution in [2.75, 3.05) is 0 Å². The van der Waals surface area contributed by atoms with E-state index in [1.54, 1.807) is 0 Å². The molecule has 0 N–H and O–H groups in total.